The van der Waals surface area contributed by atoms with Crippen molar-refractivity contribution in [1.29, 1.82) is 0 Å². The molecule has 0 bridgehead atoms. The first-order chi connectivity index (χ1) is 16.2. The molecule has 0 saturated carbocycles. The molecule has 1 N–H and O–H groups in total. The van der Waals surface area contributed by atoms with Crippen LogP contribution >= 0.6 is 12.4 Å². The van der Waals surface area contributed by atoms with Crippen molar-refractivity contribution in [2.45, 2.75) is 25.9 Å². The van der Waals surface area contributed by atoms with Gasteiger partial charge >= 0.3 is 0 Å². The Morgan fingerprint density at radius 2 is 1.65 bits per heavy atom. The molecule has 1 heterocycles. The van der Waals surface area contributed by atoms with Gasteiger partial charge in [0.1, 0.15) is 5.75 Å². The third-order valence-electron chi connectivity index (χ3n) is 6.92. The van der Waals surface area contributed by atoms with Crippen LogP contribution in [0.25, 0.3) is 11.1 Å². The molecular formula is C28H32ClN3O2. The number of nitrogens with one attached hydrogen (secondary N) is 1. The molecule has 1 atom stereocenters. The molecule has 0 aromatic heterocycles. The number of fused-ring (bicyclic) bond motifs is 3. The zero-order valence-corrected chi connectivity index (χ0v) is 20.6. The first kappa shape index (κ1) is 24.1. The van der Waals surface area contributed by atoms with E-state index in [0.717, 1.165) is 56.0 Å². The second-order valence-corrected chi connectivity index (χ2v) is 8.80. The molecule has 3 aromatic carbocycles. The Balaban J connectivity index is 0.00000274. The van der Waals surface area contributed by atoms with Gasteiger partial charge in [-0.15, -0.1) is 12.4 Å². The Morgan fingerprint density at radius 3 is 2.41 bits per heavy atom. The number of nitrogens with zero attached hydrogens (tertiary/aromatic N) is 2. The van der Waals surface area contributed by atoms with Crippen LogP contribution < -0.4 is 15.0 Å². The van der Waals surface area contributed by atoms with Gasteiger partial charge in [0.2, 0.25) is 0 Å². The van der Waals surface area contributed by atoms with Crippen molar-refractivity contribution in [2.24, 2.45) is 0 Å². The van der Waals surface area contributed by atoms with E-state index >= 15 is 0 Å². The average Bonchev–Trinajstić information content (AvgIpc) is 3.25. The zero-order chi connectivity index (χ0) is 22.8. The minimum Gasteiger partial charge on any atom is -0.495 e. The van der Waals surface area contributed by atoms with Crippen LogP contribution in [-0.2, 0) is 6.42 Å². The predicted molar refractivity (Wildman–Crippen MR) is 140 cm³/mol. The molecule has 0 radical (unpaired) electrons. The van der Waals surface area contributed by atoms with Gasteiger partial charge in [-0.1, -0.05) is 49.4 Å². The molecule has 1 saturated heterocycles. The molecule has 2 aliphatic rings. The summed E-state index contributed by atoms with van der Waals surface area (Å²) in [4.78, 5) is 17.9. The summed E-state index contributed by atoms with van der Waals surface area (Å²) in [6, 6.07) is 22.8. The van der Waals surface area contributed by atoms with Gasteiger partial charge in [0.15, 0.2) is 0 Å². The lowest BCUT2D eigenvalue weighted by Crippen LogP contribution is -2.55. The topological polar surface area (TPSA) is 44.8 Å². The first-order valence-corrected chi connectivity index (χ1v) is 11.8. The fraction of sp³-hybridized carbons (Fsp3) is 0.321. The minimum atomic E-state index is 0. The summed E-state index contributed by atoms with van der Waals surface area (Å²) in [6.45, 7) is 5.75. The molecule has 1 aliphatic heterocycles. The predicted octanol–water partition coefficient (Wildman–Crippen LogP) is 4.98. The number of amides is 1. The van der Waals surface area contributed by atoms with Crippen LogP contribution in [0.4, 0.5) is 5.69 Å². The Kier molecular flexibility index (Phi) is 7.44. The van der Waals surface area contributed by atoms with Gasteiger partial charge in [-0.25, -0.2) is 0 Å². The number of ether oxygens (including phenoxy) is 1. The summed E-state index contributed by atoms with van der Waals surface area (Å²) in [7, 11) is 1.72. The molecular weight excluding hydrogens is 446 g/mol. The van der Waals surface area contributed by atoms with E-state index in [1.807, 2.05) is 18.2 Å². The summed E-state index contributed by atoms with van der Waals surface area (Å²) in [6.07, 6.45) is 1.80. The van der Waals surface area contributed by atoms with E-state index in [0.29, 0.717) is 0 Å². The van der Waals surface area contributed by atoms with Gasteiger partial charge in [-0.3, -0.25) is 9.69 Å². The third-order valence-corrected chi connectivity index (χ3v) is 6.92. The highest BCUT2D eigenvalue weighted by molar-refractivity contribution is 5.96. The molecule has 1 aliphatic carbocycles. The Labute approximate surface area is 208 Å². The van der Waals surface area contributed by atoms with Crippen molar-refractivity contribution < 1.29 is 9.53 Å². The summed E-state index contributed by atoms with van der Waals surface area (Å²) < 4.78 is 5.54. The normalized spacial score (nSPS) is 15.6. The SMILES string of the molecule is CCC(NC(=O)c1ccc2c(c1)Cc1ccccc1-2)N1CCN(c2ccccc2OC)CC1.Cl. The van der Waals surface area contributed by atoms with Crippen molar-refractivity contribution >= 4 is 24.0 Å². The van der Waals surface area contributed by atoms with Crippen LogP contribution in [0.5, 0.6) is 5.75 Å². The van der Waals surface area contributed by atoms with Crippen LogP contribution in [0.2, 0.25) is 0 Å². The monoisotopic (exact) mass is 477 g/mol. The maximum absolute atomic E-state index is 13.1. The van der Waals surface area contributed by atoms with Crippen molar-refractivity contribution in [1.82, 2.24) is 10.2 Å². The molecule has 5 nitrogen and oxygen atoms in total. The molecule has 1 amide bonds. The summed E-state index contributed by atoms with van der Waals surface area (Å²) in [5, 5.41) is 3.29. The number of rotatable bonds is 6. The van der Waals surface area contributed by atoms with Gasteiger partial charge in [-0.05, 0) is 59.4 Å². The number of methoxy groups -OCH3 is 1. The number of hydrogen-bond acceptors (Lipinski definition) is 4. The highest BCUT2D eigenvalue weighted by Gasteiger charge is 2.26. The molecule has 1 unspecified atom stereocenters. The molecule has 34 heavy (non-hydrogen) atoms. The van der Waals surface area contributed by atoms with Gasteiger partial charge in [-0.2, -0.15) is 0 Å². The fourth-order valence-electron chi connectivity index (χ4n) is 5.14. The Bertz CT molecular complexity index is 1160. The van der Waals surface area contributed by atoms with Crippen LogP contribution in [0, 0.1) is 0 Å². The number of benzene rings is 3. The average molecular weight is 478 g/mol. The van der Waals surface area contributed by atoms with Crippen LogP contribution in [0.1, 0.15) is 34.8 Å². The van der Waals surface area contributed by atoms with E-state index < -0.39 is 0 Å². The van der Waals surface area contributed by atoms with E-state index in [4.69, 9.17) is 4.74 Å². The second-order valence-electron chi connectivity index (χ2n) is 8.80. The van der Waals surface area contributed by atoms with E-state index in [2.05, 4.69) is 70.6 Å². The molecule has 0 spiro atoms. The molecule has 5 rings (SSSR count). The van der Waals surface area contributed by atoms with Crippen LogP contribution in [0.15, 0.2) is 66.7 Å². The number of halogens is 1. The van der Waals surface area contributed by atoms with E-state index in [-0.39, 0.29) is 24.5 Å². The van der Waals surface area contributed by atoms with E-state index in [9.17, 15) is 4.79 Å². The first-order valence-electron chi connectivity index (χ1n) is 11.8. The van der Waals surface area contributed by atoms with E-state index in [1.54, 1.807) is 7.11 Å². The fourth-order valence-corrected chi connectivity index (χ4v) is 5.14. The Hall–Kier alpha value is -3.02. The number of piperazine rings is 1. The zero-order valence-electron chi connectivity index (χ0n) is 19.8. The number of carbonyl (C=O) groups excluding carboxylic acids is 1. The number of carbonyl (C=O) groups is 1. The molecule has 178 valence electrons. The van der Waals surface area contributed by atoms with Crippen LogP contribution in [0.3, 0.4) is 0 Å². The van der Waals surface area contributed by atoms with Gasteiger partial charge < -0.3 is 15.0 Å². The highest BCUT2D eigenvalue weighted by Crippen LogP contribution is 2.36. The highest BCUT2D eigenvalue weighted by atomic mass is 35.5. The number of hydrogen-bond donors (Lipinski definition) is 1. The third kappa shape index (κ3) is 4.63. The van der Waals surface area contributed by atoms with Gasteiger partial charge in [0, 0.05) is 31.7 Å². The smallest absolute Gasteiger partial charge is 0.252 e. The van der Waals surface area contributed by atoms with Gasteiger partial charge in [0.25, 0.3) is 5.91 Å². The largest absolute Gasteiger partial charge is 0.495 e. The lowest BCUT2D eigenvalue weighted by atomic mass is 10.0. The minimum absolute atomic E-state index is 0. The standard InChI is InChI=1S/C28H31N3O2.ClH/c1-3-27(31-16-14-30(15-17-31)25-10-6-7-11-26(25)33-2)29-28(32)21-12-13-24-22(19-21)18-20-8-4-5-9-23(20)24;/h4-13,19,27H,3,14-18H2,1-2H3,(H,29,32);1H. The maximum atomic E-state index is 13.1. The summed E-state index contributed by atoms with van der Waals surface area (Å²) in [5.41, 5.74) is 7.00. The van der Waals surface area contributed by atoms with Crippen molar-refractivity contribution in [3.63, 3.8) is 0 Å². The second kappa shape index (κ2) is 10.5. The quantitative estimate of drug-likeness (QED) is 0.425. The number of para-hydroxylation sites is 2. The van der Waals surface area contributed by atoms with Crippen LogP contribution in [-0.4, -0.2) is 50.3 Å². The number of anilines is 1. The maximum Gasteiger partial charge on any atom is 0.252 e. The Morgan fingerprint density at radius 1 is 0.941 bits per heavy atom. The lowest BCUT2D eigenvalue weighted by Gasteiger charge is -2.40. The van der Waals surface area contributed by atoms with Crippen molar-refractivity contribution in [2.75, 3.05) is 38.2 Å². The summed E-state index contributed by atoms with van der Waals surface area (Å²) in [5.74, 6) is 0.915. The summed E-state index contributed by atoms with van der Waals surface area (Å²) >= 11 is 0. The van der Waals surface area contributed by atoms with Crippen molar-refractivity contribution in [3.05, 3.63) is 83.4 Å². The molecule has 3 aromatic rings. The molecule has 6 heteroatoms. The van der Waals surface area contributed by atoms with Gasteiger partial charge in [0.05, 0.1) is 19.0 Å². The lowest BCUT2D eigenvalue weighted by molar-refractivity contribution is 0.0832. The van der Waals surface area contributed by atoms with Crippen molar-refractivity contribution in [3.8, 4) is 16.9 Å². The van der Waals surface area contributed by atoms with E-state index in [1.165, 1.54) is 22.3 Å². The molecule has 1 fully saturated rings.